The first-order valence-corrected chi connectivity index (χ1v) is 9.82. The monoisotopic (exact) mass is 384 g/mol. The molecule has 0 saturated carbocycles. The summed E-state index contributed by atoms with van der Waals surface area (Å²) in [6.07, 6.45) is -0.166. The van der Waals surface area contributed by atoms with Gasteiger partial charge in [-0.2, -0.15) is 0 Å². The van der Waals surface area contributed by atoms with Gasteiger partial charge in [-0.25, -0.2) is 4.85 Å². The van der Waals surface area contributed by atoms with Crippen molar-refractivity contribution in [3.63, 3.8) is 0 Å². The van der Waals surface area contributed by atoms with E-state index in [-0.39, 0.29) is 12.0 Å². The molecular weight excluding hydrogens is 360 g/mol. The van der Waals surface area contributed by atoms with Crippen molar-refractivity contribution >= 4 is 5.69 Å². The predicted octanol–water partition coefficient (Wildman–Crippen LogP) is 5.50. The summed E-state index contributed by atoms with van der Waals surface area (Å²) < 4.78 is 12.5. The van der Waals surface area contributed by atoms with Crippen molar-refractivity contribution in [2.45, 2.75) is 12.6 Å². The quantitative estimate of drug-likeness (QED) is 0.525. The molecule has 0 unspecified atom stereocenters. The van der Waals surface area contributed by atoms with Crippen LogP contribution in [0.25, 0.3) is 4.85 Å². The molecule has 0 amide bonds. The Morgan fingerprint density at radius 2 is 1.72 bits per heavy atom. The number of fused-ring (bicyclic) bond motifs is 1. The Morgan fingerprint density at radius 3 is 2.55 bits per heavy atom. The van der Waals surface area contributed by atoms with Gasteiger partial charge in [0.1, 0.15) is 17.6 Å². The zero-order chi connectivity index (χ0) is 20.1. The highest BCUT2D eigenvalue weighted by atomic mass is 16.5. The molecule has 1 aliphatic heterocycles. The summed E-state index contributed by atoms with van der Waals surface area (Å²) in [4.78, 5) is 5.92. The molecule has 1 aliphatic rings. The Bertz CT molecular complexity index is 997. The molecule has 0 aromatic heterocycles. The molecule has 0 spiro atoms. The van der Waals surface area contributed by atoms with E-state index in [0.29, 0.717) is 18.0 Å². The van der Waals surface area contributed by atoms with Crippen molar-refractivity contribution in [2.24, 2.45) is 5.92 Å². The van der Waals surface area contributed by atoms with Crippen LogP contribution < -0.4 is 9.47 Å². The van der Waals surface area contributed by atoms with Crippen LogP contribution in [0.5, 0.6) is 11.5 Å². The third-order valence-corrected chi connectivity index (χ3v) is 5.19. The van der Waals surface area contributed by atoms with E-state index in [1.807, 2.05) is 42.5 Å². The van der Waals surface area contributed by atoms with Gasteiger partial charge in [-0.15, -0.1) is 0 Å². The molecule has 0 bridgehead atoms. The third-order valence-electron chi connectivity index (χ3n) is 5.19. The highest BCUT2D eigenvalue weighted by Gasteiger charge is 2.33. The zero-order valence-electron chi connectivity index (χ0n) is 16.5. The third kappa shape index (κ3) is 4.42. The molecule has 0 radical (unpaired) electrons. The number of rotatable bonds is 6. The Hall–Kier alpha value is -3.29. The van der Waals surface area contributed by atoms with Crippen LogP contribution in [0.4, 0.5) is 5.69 Å². The van der Waals surface area contributed by atoms with Gasteiger partial charge in [-0.05, 0) is 24.7 Å². The van der Waals surface area contributed by atoms with E-state index in [2.05, 4.69) is 47.1 Å². The second-order valence-electron chi connectivity index (χ2n) is 7.41. The van der Waals surface area contributed by atoms with E-state index in [4.69, 9.17) is 16.0 Å². The molecule has 4 rings (SSSR count). The molecule has 3 aromatic carbocycles. The lowest BCUT2D eigenvalue weighted by Crippen LogP contribution is -2.37. The summed E-state index contributed by atoms with van der Waals surface area (Å²) in [5, 5.41) is 0. The van der Waals surface area contributed by atoms with Crippen molar-refractivity contribution in [1.82, 2.24) is 4.90 Å². The average Bonchev–Trinajstić information content (AvgIpc) is 2.76. The molecule has 4 nitrogen and oxygen atoms in total. The molecule has 0 N–H and O–H groups in total. The Kier molecular flexibility index (Phi) is 5.79. The minimum absolute atomic E-state index is 0.150. The lowest BCUT2D eigenvalue weighted by molar-refractivity contribution is 0.0492. The zero-order valence-corrected chi connectivity index (χ0v) is 16.5. The fourth-order valence-corrected chi connectivity index (χ4v) is 3.84. The number of hydrogen-bond acceptors (Lipinski definition) is 3. The van der Waals surface area contributed by atoms with Gasteiger partial charge >= 0.3 is 0 Å². The van der Waals surface area contributed by atoms with Crippen molar-refractivity contribution in [3.8, 4) is 11.5 Å². The molecular formula is C25H24N2O2. The molecule has 2 atom stereocenters. The van der Waals surface area contributed by atoms with Gasteiger partial charge in [-0.1, -0.05) is 66.7 Å². The summed E-state index contributed by atoms with van der Waals surface area (Å²) in [5.41, 5.74) is 2.85. The highest BCUT2D eigenvalue weighted by molar-refractivity contribution is 5.57. The summed E-state index contributed by atoms with van der Waals surface area (Å²) in [5.74, 6) is 1.64. The number of ether oxygens (including phenoxy) is 2. The predicted molar refractivity (Wildman–Crippen MR) is 114 cm³/mol. The summed E-state index contributed by atoms with van der Waals surface area (Å²) >= 11 is 0. The first-order chi connectivity index (χ1) is 14.2. The standard InChI is InChI=1S/C25H24N2O2/c1-26-22-13-7-9-15-24(22)29-25-20(18-28-23-14-8-6-12-21(23)25)17-27(2)16-19-10-4-3-5-11-19/h3-15,20,25H,16-18H2,2H3/t20-,25-/m0/s1. The van der Waals surface area contributed by atoms with E-state index < -0.39 is 0 Å². The number of benzene rings is 3. The van der Waals surface area contributed by atoms with E-state index in [1.54, 1.807) is 6.07 Å². The first-order valence-electron chi connectivity index (χ1n) is 9.82. The van der Waals surface area contributed by atoms with Gasteiger partial charge in [0.2, 0.25) is 5.69 Å². The highest BCUT2D eigenvalue weighted by Crippen LogP contribution is 2.41. The second-order valence-corrected chi connectivity index (χ2v) is 7.41. The van der Waals surface area contributed by atoms with Gasteiger partial charge in [0.05, 0.1) is 13.2 Å². The Morgan fingerprint density at radius 1 is 1.00 bits per heavy atom. The Labute approximate surface area is 172 Å². The van der Waals surface area contributed by atoms with E-state index in [9.17, 15) is 0 Å². The van der Waals surface area contributed by atoms with Crippen molar-refractivity contribution in [1.29, 1.82) is 0 Å². The van der Waals surface area contributed by atoms with Crippen LogP contribution in [0, 0.1) is 12.5 Å². The van der Waals surface area contributed by atoms with Crippen molar-refractivity contribution in [2.75, 3.05) is 20.2 Å². The molecule has 0 saturated heterocycles. The maximum atomic E-state index is 7.45. The van der Waals surface area contributed by atoms with Gasteiger partial charge in [-0.3, -0.25) is 0 Å². The van der Waals surface area contributed by atoms with Gasteiger partial charge < -0.3 is 14.4 Å². The molecule has 3 aromatic rings. The lowest BCUT2D eigenvalue weighted by Gasteiger charge is -2.36. The van der Waals surface area contributed by atoms with Crippen molar-refractivity contribution in [3.05, 3.63) is 101 Å². The molecule has 29 heavy (non-hydrogen) atoms. The number of para-hydroxylation sites is 3. The first kappa shape index (κ1) is 19.0. The van der Waals surface area contributed by atoms with Crippen LogP contribution in [0.2, 0.25) is 0 Å². The number of hydrogen-bond donors (Lipinski definition) is 0. The van der Waals surface area contributed by atoms with E-state index in [1.165, 1.54) is 5.56 Å². The molecule has 146 valence electrons. The van der Waals surface area contributed by atoms with E-state index >= 15 is 0 Å². The van der Waals surface area contributed by atoms with Crippen LogP contribution in [0.15, 0.2) is 78.9 Å². The van der Waals surface area contributed by atoms with Crippen LogP contribution in [-0.4, -0.2) is 25.1 Å². The SMILES string of the molecule is [C-]#[N+]c1ccccc1O[C@@H]1c2ccccc2OC[C@@H]1CN(C)Cc1ccccc1. The topological polar surface area (TPSA) is 26.1 Å². The van der Waals surface area contributed by atoms with Crippen LogP contribution in [-0.2, 0) is 6.54 Å². The number of nitrogens with zero attached hydrogens (tertiary/aromatic N) is 2. The van der Waals surface area contributed by atoms with Crippen LogP contribution >= 0.6 is 0 Å². The van der Waals surface area contributed by atoms with E-state index in [0.717, 1.165) is 24.4 Å². The summed E-state index contributed by atoms with van der Waals surface area (Å²) in [6, 6.07) is 25.9. The fraction of sp³-hybridized carbons (Fsp3) is 0.240. The van der Waals surface area contributed by atoms with Gasteiger partial charge in [0.15, 0.2) is 0 Å². The molecule has 4 heteroatoms. The van der Waals surface area contributed by atoms with Crippen LogP contribution in [0.3, 0.4) is 0 Å². The van der Waals surface area contributed by atoms with Gasteiger partial charge in [0, 0.05) is 24.6 Å². The Balaban J connectivity index is 1.57. The van der Waals surface area contributed by atoms with Gasteiger partial charge in [0.25, 0.3) is 0 Å². The van der Waals surface area contributed by atoms with Crippen molar-refractivity contribution < 1.29 is 9.47 Å². The maximum absolute atomic E-state index is 7.45. The average molecular weight is 384 g/mol. The molecule has 1 heterocycles. The summed E-state index contributed by atoms with van der Waals surface area (Å²) in [6.45, 7) is 9.72. The molecule has 0 fully saturated rings. The largest absolute Gasteiger partial charge is 0.496 e. The smallest absolute Gasteiger partial charge is 0.228 e. The normalized spacial score (nSPS) is 17.8. The summed E-state index contributed by atoms with van der Waals surface area (Å²) in [7, 11) is 2.12. The van der Waals surface area contributed by atoms with Crippen LogP contribution in [0.1, 0.15) is 17.2 Å². The fourth-order valence-electron chi connectivity index (χ4n) is 3.84. The molecule has 0 aliphatic carbocycles. The second kappa shape index (κ2) is 8.81. The minimum atomic E-state index is -0.166. The lowest BCUT2D eigenvalue weighted by atomic mass is 9.92. The minimum Gasteiger partial charge on any atom is -0.496 e. The maximum Gasteiger partial charge on any atom is 0.228 e.